The molecule has 0 unspecified atom stereocenters. The Balaban J connectivity index is 1.92. The van der Waals surface area contributed by atoms with Crippen molar-refractivity contribution in [3.63, 3.8) is 0 Å². The van der Waals surface area contributed by atoms with Crippen molar-refractivity contribution in [1.29, 1.82) is 0 Å². The van der Waals surface area contributed by atoms with Crippen LogP contribution in [0.2, 0.25) is 0 Å². The van der Waals surface area contributed by atoms with Crippen LogP contribution in [0, 0.1) is 6.92 Å². The van der Waals surface area contributed by atoms with Crippen molar-refractivity contribution in [3.8, 4) is 5.75 Å². The Kier molecular flexibility index (Phi) is 5.35. The number of aromatic nitrogens is 3. The van der Waals surface area contributed by atoms with Gasteiger partial charge < -0.3 is 5.11 Å². The zero-order valence-corrected chi connectivity index (χ0v) is 16.8. The normalized spacial score (nSPS) is 12.2. The molecule has 4 aromatic rings. The Bertz CT molecular complexity index is 1240. The molecule has 0 aliphatic carbocycles. The van der Waals surface area contributed by atoms with E-state index in [-0.39, 0.29) is 23.1 Å². The summed E-state index contributed by atoms with van der Waals surface area (Å²) in [5.41, 5.74) is -1.13. The first kappa shape index (κ1) is 22.3. The number of aryl methyl sites for hydroxylation is 1. The Labute approximate surface area is 183 Å². The SMILES string of the molecule is Cc1c(N(c2ccc(C(F)(F)F)cn2)c2ccc(C(F)(F)F)cn2)cc(O)c2cnccc12. The molecule has 0 radical (unpaired) electrons. The molecule has 3 aromatic heterocycles. The lowest BCUT2D eigenvalue weighted by molar-refractivity contribution is -0.138. The van der Waals surface area contributed by atoms with E-state index in [0.717, 1.165) is 24.3 Å². The molecular formula is C22H14F6N4O. The number of phenolic OH excluding ortho intramolecular Hbond substituents is 1. The molecule has 1 N–H and O–H groups in total. The summed E-state index contributed by atoms with van der Waals surface area (Å²) in [6.07, 6.45) is -5.06. The van der Waals surface area contributed by atoms with Gasteiger partial charge in [-0.05, 0) is 48.2 Å². The number of aromatic hydroxyl groups is 1. The second-order valence-corrected chi connectivity index (χ2v) is 7.10. The van der Waals surface area contributed by atoms with Crippen molar-refractivity contribution in [2.45, 2.75) is 19.3 Å². The van der Waals surface area contributed by atoms with E-state index < -0.39 is 23.5 Å². The van der Waals surface area contributed by atoms with Crippen LogP contribution in [-0.4, -0.2) is 20.1 Å². The van der Waals surface area contributed by atoms with Crippen LogP contribution in [0.15, 0.2) is 61.2 Å². The molecule has 4 rings (SSSR count). The van der Waals surface area contributed by atoms with Crippen molar-refractivity contribution in [2.24, 2.45) is 0 Å². The van der Waals surface area contributed by atoms with Crippen molar-refractivity contribution in [3.05, 3.63) is 77.9 Å². The highest BCUT2D eigenvalue weighted by molar-refractivity contribution is 5.96. The maximum absolute atomic E-state index is 13.0. The summed E-state index contributed by atoms with van der Waals surface area (Å²) in [4.78, 5) is 13.0. The molecule has 33 heavy (non-hydrogen) atoms. The molecular weight excluding hydrogens is 450 g/mol. The van der Waals surface area contributed by atoms with E-state index in [0.29, 0.717) is 28.7 Å². The lowest BCUT2D eigenvalue weighted by Crippen LogP contribution is -2.16. The third-order valence-corrected chi connectivity index (χ3v) is 5.01. The van der Waals surface area contributed by atoms with Crippen LogP contribution in [0.25, 0.3) is 10.8 Å². The van der Waals surface area contributed by atoms with E-state index in [2.05, 4.69) is 15.0 Å². The highest BCUT2D eigenvalue weighted by Crippen LogP contribution is 2.41. The van der Waals surface area contributed by atoms with Gasteiger partial charge in [-0.3, -0.25) is 9.88 Å². The van der Waals surface area contributed by atoms with Gasteiger partial charge in [0.2, 0.25) is 0 Å². The van der Waals surface area contributed by atoms with Gasteiger partial charge in [-0.25, -0.2) is 9.97 Å². The third kappa shape index (κ3) is 4.26. The lowest BCUT2D eigenvalue weighted by Gasteiger charge is -2.26. The molecule has 0 saturated carbocycles. The van der Waals surface area contributed by atoms with Crippen molar-refractivity contribution in [1.82, 2.24) is 15.0 Å². The van der Waals surface area contributed by atoms with Crippen LogP contribution < -0.4 is 4.90 Å². The van der Waals surface area contributed by atoms with Crippen LogP contribution in [0.5, 0.6) is 5.75 Å². The fourth-order valence-electron chi connectivity index (χ4n) is 3.35. The summed E-state index contributed by atoms with van der Waals surface area (Å²) >= 11 is 0. The summed E-state index contributed by atoms with van der Waals surface area (Å²) in [6.45, 7) is 1.69. The van der Waals surface area contributed by atoms with E-state index in [1.165, 1.54) is 23.4 Å². The highest BCUT2D eigenvalue weighted by atomic mass is 19.4. The van der Waals surface area contributed by atoms with Gasteiger partial charge in [0.05, 0.1) is 16.8 Å². The second-order valence-electron chi connectivity index (χ2n) is 7.10. The molecule has 0 aliphatic rings. The molecule has 0 fully saturated rings. The monoisotopic (exact) mass is 464 g/mol. The zero-order chi connectivity index (χ0) is 24.0. The smallest absolute Gasteiger partial charge is 0.417 e. The van der Waals surface area contributed by atoms with Crippen LogP contribution in [0.4, 0.5) is 43.7 Å². The Morgan fingerprint density at radius 2 is 1.30 bits per heavy atom. The number of fused-ring (bicyclic) bond motifs is 1. The van der Waals surface area contributed by atoms with Crippen LogP contribution in [0.3, 0.4) is 0 Å². The lowest BCUT2D eigenvalue weighted by atomic mass is 10.0. The number of alkyl halides is 6. The molecule has 0 aliphatic heterocycles. The highest BCUT2D eigenvalue weighted by Gasteiger charge is 2.33. The first-order valence-electron chi connectivity index (χ1n) is 9.40. The van der Waals surface area contributed by atoms with Crippen LogP contribution >= 0.6 is 0 Å². The fourth-order valence-corrected chi connectivity index (χ4v) is 3.35. The summed E-state index contributed by atoms with van der Waals surface area (Å²) in [5, 5.41) is 11.5. The number of benzene rings is 1. The molecule has 0 atom stereocenters. The second kappa shape index (κ2) is 7.91. The largest absolute Gasteiger partial charge is 0.507 e. The van der Waals surface area contributed by atoms with Gasteiger partial charge in [0, 0.05) is 36.2 Å². The van der Waals surface area contributed by atoms with Gasteiger partial charge in [0.1, 0.15) is 17.4 Å². The van der Waals surface area contributed by atoms with E-state index in [1.807, 2.05) is 0 Å². The quantitative estimate of drug-likeness (QED) is 0.349. The first-order valence-corrected chi connectivity index (χ1v) is 9.40. The Morgan fingerprint density at radius 1 is 0.758 bits per heavy atom. The minimum Gasteiger partial charge on any atom is -0.507 e. The number of nitrogens with zero attached hydrogens (tertiary/aromatic N) is 4. The molecule has 0 amide bonds. The summed E-state index contributed by atoms with van der Waals surface area (Å²) in [5.74, 6) is -0.250. The van der Waals surface area contributed by atoms with E-state index in [9.17, 15) is 31.4 Å². The third-order valence-electron chi connectivity index (χ3n) is 5.01. The zero-order valence-electron chi connectivity index (χ0n) is 16.8. The number of hydrogen-bond donors (Lipinski definition) is 1. The molecule has 1 aromatic carbocycles. The molecule has 0 spiro atoms. The average Bonchev–Trinajstić information content (AvgIpc) is 2.77. The number of phenols is 1. The van der Waals surface area contributed by atoms with E-state index in [4.69, 9.17) is 0 Å². The molecule has 0 saturated heterocycles. The van der Waals surface area contributed by atoms with Gasteiger partial charge in [0.25, 0.3) is 0 Å². The minimum atomic E-state index is -4.62. The molecule has 0 bridgehead atoms. The van der Waals surface area contributed by atoms with Crippen molar-refractivity contribution >= 4 is 28.1 Å². The minimum absolute atomic E-state index is 0.0360. The Hall–Kier alpha value is -3.89. The maximum Gasteiger partial charge on any atom is 0.417 e. The van der Waals surface area contributed by atoms with Gasteiger partial charge >= 0.3 is 12.4 Å². The van der Waals surface area contributed by atoms with Gasteiger partial charge in [-0.1, -0.05) is 0 Å². The van der Waals surface area contributed by atoms with Gasteiger partial charge in [-0.2, -0.15) is 26.3 Å². The molecule has 11 heteroatoms. The first-order chi connectivity index (χ1) is 15.5. The van der Waals surface area contributed by atoms with Crippen LogP contribution in [0.1, 0.15) is 16.7 Å². The number of anilines is 3. The summed E-state index contributed by atoms with van der Waals surface area (Å²) in [7, 11) is 0. The summed E-state index contributed by atoms with van der Waals surface area (Å²) < 4.78 is 78.0. The number of halogens is 6. The van der Waals surface area contributed by atoms with E-state index in [1.54, 1.807) is 13.0 Å². The van der Waals surface area contributed by atoms with Crippen molar-refractivity contribution < 1.29 is 31.4 Å². The number of hydrogen-bond acceptors (Lipinski definition) is 5. The summed E-state index contributed by atoms with van der Waals surface area (Å²) in [6, 6.07) is 6.73. The topological polar surface area (TPSA) is 62.1 Å². The maximum atomic E-state index is 13.0. The average molecular weight is 464 g/mol. The van der Waals surface area contributed by atoms with Crippen molar-refractivity contribution in [2.75, 3.05) is 4.90 Å². The van der Waals surface area contributed by atoms with E-state index >= 15 is 0 Å². The fraction of sp³-hybridized carbons (Fsp3) is 0.136. The molecule has 3 heterocycles. The van der Waals surface area contributed by atoms with Crippen LogP contribution in [-0.2, 0) is 12.4 Å². The number of pyridine rings is 3. The molecule has 5 nitrogen and oxygen atoms in total. The predicted octanol–water partition coefficient (Wildman–Crippen LogP) is 6.55. The van der Waals surface area contributed by atoms with Gasteiger partial charge in [0.15, 0.2) is 0 Å². The molecule has 170 valence electrons. The standard InChI is InChI=1S/C22H14F6N4O/c1-12-15-6-7-29-11-16(15)18(33)8-17(12)32(19-4-2-13(9-30-19)21(23,24)25)20-5-3-14(10-31-20)22(26,27)28/h2-11,33H,1H3. The predicted molar refractivity (Wildman–Crippen MR) is 108 cm³/mol. The Morgan fingerprint density at radius 3 is 1.76 bits per heavy atom. The van der Waals surface area contributed by atoms with Gasteiger partial charge in [-0.15, -0.1) is 0 Å². The number of rotatable bonds is 3.